The van der Waals surface area contributed by atoms with Crippen molar-refractivity contribution in [3.8, 4) is 0 Å². The van der Waals surface area contributed by atoms with Gasteiger partial charge in [-0.1, -0.05) is 58.3 Å². The quantitative estimate of drug-likeness (QED) is 0.283. The molecule has 0 rings (SSSR count). The van der Waals surface area contributed by atoms with Gasteiger partial charge in [-0.15, -0.1) is 0 Å². The summed E-state index contributed by atoms with van der Waals surface area (Å²) in [6.07, 6.45) is 12.5. The molecule has 0 spiro atoms. The second kappa shape index (κ2) is 13.9. The van der Waals surface area contributed by atoms with Crippen LogP contribution in [0.3, 0.4) is 0 Å². The van der Waals surface area contributed by atoms with Crippen LogP contribution >= 0.6 is 0 Å². The average Bonchev–Trinajstić information content (AvgIpc) is 2.03. The Bertz CT molecular complexity index is 79.1. The first-order valence-corrected chi connectivity index (χ1v) is 4.95. The molecule has 0 N–H and O–H groups in total. The van der Waals surface area contributed by atoms with Gasteiger partial charge in [0, 0.05) is 0 Å². The largest absolute Gasteiger partial charge is 1.00 e. The Morgan fingerprint density at radius 3 is 1.92 bits per heavy atom. The molecule has 0 unspecified atom stereocenters. The zero-order valence-corrected chi connectivity index (χ0v) is 8.81. The topological polar surface area (TPSA) is 0 Å². The molecule has 0 aromatic heterocycles. The molecule has 0 fully saturated rings. The van der Waals surface area contributed by atoms with Crippen LogP contribution in [0, 0.1) is 6.58 Å². The smallest absolute Gasteiger partial charge is 0.518 e. The van der Waals surface area contributed by atoms with Crippen molar-refractivity contribution < 1.29 is 18.9 Å². The predicted molar refractivity (Wildman–Crippen MR) is 51.5 cm³/mol. The second-order valence-electron chi connectivity index (χ2n) is 3.15. The van der Waals surface area contributed by atoms with E-state index in [4.69, 9.17) is 6.58 Å². The van der Waals surface area contributed by atoms with Gasteiger partial charge in [-0.2, -0.15) is 0 Å². The molecule has 0 aliphatic carbocycles. The zero-order valence-electron chi connectivity index (χ0n) is 8.81. The molecule has 0 saturated carbocycles. The third kappa shape index (κ3) is 13.0. The van der Waals surface area contributed by atoms with Crippen molar-refractivity contribution in [2.75, 3.05) is 0 Å². The Morgan fingerprint density at radius 1 is 0.917 bits per heavy atom. The molecule has 0 bridgehead atoms. The van der Waals surface area contributed by atoms with Crippen LogP contribution in [0.5, 0.6) is 0 Å². The predicted octanol–water partition coefficient (Wildman–Crippen LogP) is 1.12. The Kier molecular flexibility index (Phi) is 17.2. The molecule has 0 aliphatic rings. The van der Waals surface area contributed by atoms with Crippen molar-refractivity contribution in [3.63, 3.8) is 0 Å². The molecule has 1 heteroatoms. The van der Waals surface area contributed by atoms with Crippen LogP contribution in [0.4, 0.5) is 0 Å². The van der Waals surface area contributed by atoms with E-state index >= 15 is 0 Å². The molecule has 0 heterocycles. The number of hydrogen-bond donors (Lipinski definition) is 0. The van der Waals surface area contributed by atoms with Crippen LogP contribution in [0.25, 0.3) is 0 Å². The molecule has 0 nitrogen and oxygen atoms in total. The van der Waals surface area contributed by atoms with E-state index < -0.39 is 0 Å². The molecule has 0 radical (unpaired) electrons. The van der Waals surface area contributed by atoms with Crippen molar-refractivity contribution in [2.45, 2.75) is 58.3 Å². The third-order valence-corrected chi connectivity index (χ3v) is 1.97. The summed E-state index contributed by atoms with van der Waals surface area (Å²) in [5.74, 6) is 0. The van der Waals surface area contributed by atoms with Crippen LogP contribution in [-0.2, 0) is 0 Å². The van der Waals surface area contributed by atoms with Gasteiger partial charge in [0.15, 0.2) is 0 Å². The van der Waals surface area contributed by atoms with Crippen molar-refractivity contribution in [2.24, 2.45) is 0 Å². The minimum atomic E-state index is 0. The molecule has 0 atom stereocenters. The zero-order chi connectivity index (χ0) is 8.36. The molecule has 0 amide bonds. The van der Waals surface area contributed by atoms with E-state index in [0.29, 0.717) is 0 Å². The maximum atomic E-state index is 5.27. The maximum absolute atomic E-state index is 5.27. The van der Waals surface area contributed by atoms with Crippen molar-refractivity contribution in [1.29, 1.82) is 0 Å². The van der Waals surface area contributed by atoms with Crippen LogP contribution < -0.4 is 18.9 Å². The number of unbranched alkanes of at least 4 members (excludes halogenated alkanes) is 7. The van der Waals surface area contributed by atoms with E-state index in [2.05, 4.69) is 6.92 Å². The third-order valence-electron chi connectivity index (χ3n) is 1.97. The van der Waals surface area contributed by atoms with Crippen molar-refractivity contribution >= 4 is 0 Å². The first-order valence-electron chi connectivity index (χ1n) is 4.95. The van der Waals surface area contributed by atoms with Crippen LogP contribution in [0.1, 0.15) is 58.3 Å². The summed E-state index contributed by atoms with van der Waals surface area (Å²) in [7, 11) is 0. The maximum Gasteiger partial charge on any atom is 1.00 e. The summed E-state index contributed by atoms with van der Waals surface area (Å²) in [5.41, 5.74) is 0. The fourth-order valence-corrected chi connectivity index (χ4v) is 1.22. The van der Waals surface area contributed by atoms with E-state index in [1.807, 2.05) is 0 Å². The Balaban J connectivity index is 0. The van der Waals surface area contributed by atoms with E-state index in [1.165, 1.54) is 44.9 Å². The number of rotatable bonds is 8. The normalized spacial score (nSPS) is 9.08. The summed E-state index contributed by atoms with van der Waals surface area (Å²) in [6, 6.07) is 0. The Hall–Kier alpha value is 0.337. The summed E-state index contributed by atoms with van der Waals surface area (Å²) in [6.45, 7) is 7.52. The van der Waals surface area contributed by atoms with Gasteiger partial charge in [0.2, 0.25) is 0 Å². The standard InChI is InChI=1S/C11H21.Li/c1-3-5-7-9-11-10-8-6-4-2;/h1,3H,4-11H2,2H3;/q-1;+1. The fraction of sp³-hybridized carbons (Fsp3) is 0.818. The van der Waals surface area contributed by atoms with Gasteiger partial charge in [0.1, 0.15) is 0 Å². The number of hydrogen-bond acceptors (Lipinski definition) is 0. The minimum absolute atomic E-state index is 0. The van der Waals surface area contributed by atoms with Crippen LogP contribution in [-0.4, -0.2) is 0 Å². The summed E-state index contributed by atoms with van der Waals surface area (Å²) in [4.78, 5) is 0. The van der Waals surface area contributed by atoms with Gasteiger partial charge in [0.05, 0.1) is 0 Å². The van der Waals surface area contributed by atoms with Gasteiger partial charge in [0.25, 0.3) is 0 Å². The van der Waals surface area contributed by atoms with E-state index in [-0.39, 0.29) is 18.9 Å². The van der Waals surface area contributed by atoms with E-state index in [0.717, 1.165) is 6.42 Å². The SMILES string of the molecule is [CH-]=CCCCCCCCCC.[Li+]. The monoisotopic (exact) mass is 160 g/mol. The molecular formula is C11H21Li. The number of allylic oxidation sites excluding steroid dienone is 1. The van der Waals surface area contributed by atoms with Crippen molar-refractivity contribution in [1.82, 2.24) is 0 Å². The molecule has 0 aromatic rings. The Labute approximate surface area is 90.0 Å². The summed E-state index contributed by atoms with van der Waals surface area (Å²) in [5, 5.41) is 0. The second-order valence-corrected chi connectivity index (χ2v) is 3.15. The molecular weight excluding hydrogens is 139 g/mol. The van der Waals surface area contributed by atoms with Crippen LogP contribution in [0.2, 0.25) is 0 Å². The van der Waals surface area contributed by atoms with E-state index in [9.17, 15) is 0 Å². The molecule has 0 aromatic carbocycles. The van der Waals surface area contributed by atoms with Gasteiger partial charge < -0.3 is 6.58 Å². The molecule has 0 saturated heterocycles. The summed E-state index contributed by atoms with van der Waals surface area (Å²) < 4.78 is 0. The van der Waals surface area contributed by atoms with Gasteiger partial charge in [-0.3, -0.25) is 6.08 Å². The molecule has 0 aliphatic heterocycles. The Morgan fingerprint density at radius 2 is 1.42 bits per heavy atom. The van der Waals surface area contributed by atoms with Gasteiger partial charge in [-0.25, -0.2) is 0 Å². The van der Waals surface area contributed by atoms with Gasteiger partial charge in [-0.05, 0) is 0 Å². The average molecular weight is 160 g/mol. The molecule has 66 valence electrons. The van der Waals surface area contributed by atoms with E-state index in [1.54, 1.807) is 6.08 Å². The van der Waals surface area contributed by atoms with Crippen molar-refractivity contribution in [3.05, 3.63) is 12.7 Å². The first-order chi connectivity index (χ1) is 5.41. The minimum Gasteiger partial charge on any atom is -0.518 e. The van der Waals surface area contributed by atoms with Crippen LogP contribution in [0.15, 0.2) is 6.08 Å². The summed E-state index contributed by atoms with van der Waals surface area (Å²) >= 11 is 0. The van der Waals surface area contributed by atoms with Gasteiger partial charge >= 0.3 is 18.9 Å². The fourth-order valence-electron chi connectivity index (χ4n) is 1.22. The molecule has 12 heavy (non-hydrogen) atoms. The first kappa shape index (κ1) is 14.8.